The molecule has 2 aromatic carbocycles. The van der Waals surface area contributed by atoms with Crippen LogP contribution in [0.2, 0.25) is 0 Å². The number of hydrogen-bond acceptors (Lipinski definition) is 2. The third-order valence-electron chi connectivity index (χ3n) is 3.24. The van der Waals surface area contributed by atoms with Gasteiger partial charge in [-0.15, -0.1) is 0 Å². The highest BCUT2D eigenvalue weighted by molar-refractivity contribution is 5.62. The number of nitrogens with one attached hydrogen (secondary N) is 1. The Morgan fingerprint density at radius 1 is 1.20 bits per heavy atom. The van der Waals surface area contributed by atoms with Crippen molar-refractivity contribution in [3.8, 4) is 6.07 Å². The van der Waals surface area contributed by atoms with Crippen LogP contribution in [0, 0.1) is 24.1 Å². The molecule has 2 rings (SSSR count). The molecule has 0 amide bonds. The number of nitrogens with zero attached hydrogens (tertiary/aromatic N) is 1. The Morgan fingerprint density at radius 3 is 2.55 bits per heavy atom. The molecule has 0 aliphatic heterocycles. The fourth-order valence-electron chi connectivity index (χ4n) is 2.22. The number of para-hydroxylation sites is 1. The van der Waals surface area contributed by atoms with Crippen LogP contribution in [0.3, 0.4) is 0 Å². The van der Waals surface area contributed by atoms with Crippen LogP contribution < -0.4 is 5.32 Å². The maximum absolute atomic E-state index is 12.9. The first-order valence-electron chi connectivity index (χ1n) is 6.61. The Morgan fingerprint density at radius 2 is 1.90 bits per heavy atom. The number of aryl methyl sites for hydroxylation is 1. The topological polar surface area (TPSA) is 35.8 Å². The van der Waals surface area contributed by atoms with E-state index in [9.17, 15) is 4.39 Å². The van der Waals surface area contributed by atoms with Crippen molar-refractivity contribution in [3.63, 3.8) is 0 Å². The Kier molecular flexibility index (Phi) is 4.37. The van der Waals surface area contributed by atoms with E-state index < -0.39 is 0 Å². The molecule has 1 atom stereocenters. The molecule has 0 heterocycles. The monoisotopic (exact) mass is 268 g/mol. The highest BCUT2D eigenvalue weighted by atomic mass is 19.1. The lowest BCUT2D eigenvalue weighted by molar-refractivity contribution is 0.626. The molecule has 2 aromatic rings. The van der Waals surface area contributed by atoms with Crippen LogP contribution in [0.15, 0.2) is 42.5 Å². The van der Waals surface area contributed by atoms with Gasteiger partial charge in [-0.2, -0.15) is 5.26 Å². The number of anilines is 1. The van der Waals surface area contributed by atoms with Crippen LogP contribution >= 0.6 is 0 Å². The van der Waals surface area contributed by atoms with Crippen molar-refractivity contribution >= 4 is 5.69 Å². The summed E-state index contributed by atoms with van der Waals surface area (Å²) >= 11 is 0. The van der Waals surface area contributed by atoms with Crippen LogP contribution in [0.5, 0.6) is 0 Å². The Bertz CT molecular complexity index is 626. The summed E-state index contributed by atoms with van der Waals surface area (Å²) in [7, 11) is 0. The molecule has 0 saturated heterocycles. The zero-order valence-electron chi connectivity index (χ0n) is 11.7. The lowest BCUT2D eigenvalue weighted by Gasteiger charge is -2.18. The van der Waals surface area contributed by atoms with Gasteiger partial charge in [0.15, 0.2) is 0 Å². The number of halogens is 1. The number of rotatable bonds is 4. The minimum Gasteiger partial charge on any atom is -0.381 e. The van der Waals surface area contributed by atoms with E-state index in [0.717, 1.165) is 23.2 Å². The molecule has 0 spiro atoms. The van der Waals surface area contributed by atoms with Crippen molar-refractivity contribution in [2.45, 2.75) is 26.3 Å². The van der Waals surface area contributed by atoms with E-state index in [-0.39, 0.29) is 11.9 Å². The third-order valence-corrected chi connectivity index (χ3v) is 3.24. The summed E-state index contributed by atoms with van der Waals surface area (Å²) in [5, 5.41) is 12.5. The minimum absolute atomic E-state index is 0.161. The van der Waals surface area contributed by atoms with E-state index in [1.807, 2.05) is 19.1 Å². The molecule has 0 bridgehead atoms. The van der Waals surface area contributed by atoms with E-state index in [2.05, 4.69) is 18.3 Å². The first-order valence-corrected chi connectivity index (χ1v) is 6.61. The summed E-state index contributed by atoms with van der Waals surface area (Å²) < 4.78 is 12.9. The second-order valence-corrected chi connectivity index (χ2v) is 4.99. The predicted molar refractivity (Wildman–Crippen MR) is 79.1 cm³/mol. The summed E-state index contributed by atoms with van der Waals surface area (Å²) in [6.45, 7) is 4.03. The predicted octanol–water partition coefficient (Wildman–Crippen LogP) is 4.05. The Labute approximate surface area is 118 Å². The van der Waals surface area contributed by atoms with Crippen LogP contribution in [0.1, 0.15) is 23.6 Å². The van der Waals surface area contributed by atoms with Crippen LogP contribution in [-0.4, -0.2) is 6.04 Å². The zero-order valence-corrected chi connectivity index (χ0v) is 11.7. The average Bonchev–Trinajstić information content (AvgIpc) is 2.43. The zero-order chi connectivity index (χ0) is 14.5. The normalized spacial score (nSPS) is 11.7. The molecule has 2 nitrogen and oxygen atoms in total. The smallest absolute Gasteiger partial charge is 0.123 e. The first kappa shape index (κ1) is 14.1. The summed E-state index contributed by atoms with van der Waals surface area (Å²) in [5.41, 5.74) is 3.65. The molecule has 1 unspecified atom stereocenters. The molecule has 0 aliphatic rings. The molecule has 102 valence electrons. The number of hydrogen-bond donors (Lipinski definition) is 1. The van der Waals surface area contributed by atoms with Gasteiger partial charge in [0.1, 0.15) is 11.9 Å². The van der Waals surface area contributed by atoms with Crippen molar-refractivity contribution in [3.05, 3.63) is 65.0 Å². The second kappa shape index (κ2) is 6.21. The SMILES string of the molecule is Cc1cccc(C#N)c1NC(C)Cc1ccc(F)cc1. The quantitative estimate of drug-likeness (QED) is 0.908. The molecule has 0 aliphatic carbocycles. The van der Waals surface area contributed by atoms with Gasteiger partial charge in [-0.3, -0.25) is 0 Å². The van der Waals surface area contributed by atoms with Gasteiger partial charge in [-0.25, -0.2) is 4.39 Å². The number of nitriles is 1. The summed E-state index contributed by atoms with van der Waals surface area (Å²) in [6, 6.07) is 14.5. The largest absolute Gasteiger partial charge is 0.381 e. The standard InChI is InChI=1S/C17H17FN2/c1-12-4-3-5-15(11-19)17(12)20-13(2)10-14-6-8-16(18)9-7-14/h3-9,13,20H,10H2,1-2H3. The molecular weight excluding hydrogens is 251 g/mol. The first-order chi connectivity index (χ1) is 9.60. The fraction of sp³-hybridized carbons (Fsp3) is 0.235. The van der Waals surface area contributed by atoms with E-state index >= 15 is 0 Å². The minimum atomic E-state index is -0.222. The summed E-state index contributed by atoms with van der Waals surface area (Å²) in [5.74, 6) is -0.222. The third kappa shape index (κ3) is 3.36. The fourth-order valence-corrected chi connectivity index (χ4v) is 2.22. The van der Waals surface area contributed by atoms with Crippen molar-refractivity contribution < 1.29 is 4.39 Å². The molecule has 0 fully saturated rings. The Balaban J connectivity index is 2.10. The number of benzene rings is 2. The van der Waals surface area contributed by atoms with Crippen molar-refractivity contribution in [1.29, 1.82) is 5.26 Å². The Hall–Kier alpha value is -2.34. The maximum atomic E-state index is 12.9. The van der Waals surface area contributed by atoms with E-state index in [0.29, 0.717) is 5.56 Å². The van der Waals surface area contributed by atoms with E-state index in [1.54, 1.807) is 18.2 Å². The highest BCUT2D eigenvalue weighted by Crippen LogP contribution is 2.21. The van der Waals surface area contributed by atoms with Crippen LogP contribution in [0.4, 0.5) is 10.1 Å². The molecule has 20 heavy (non-hydrogen) atoms. The van der Waals surface area contributed by atoms with Crippen molar-refractivity contribution in [2.24, 2.45) is 0 Å². The second-order valence-electron chi connectivity index (χ2n) is 4.99. The highest BCUT2D eigenvalue weighted by Gasteiger charge is 2.09. The average molecular weight is 268 g/mol. The van der Waals surface area contributed by atoms with E-state index in [1.165, 1.54) is 12.1 Å². The van der Waals surface area contributed by atoms with Crippen LogP contribution in [-0.2, 0) is 6.42 Å². The van der Waals surface area contributed by atoms with Crippen molar-refractivity contribution in [2.75, 3.05) is 5.32 Å². The molecule has 0 radical (unpaired) electrons. The molecule has 0 aromatic heterocycles. The van der Waals surface area contributed by atoms with E-state index in [4.69, 9.17) is 5.26 Å². The van der Waals surface area contributed by atoms with Gasteiger partial charge in [0.25, 0.3) is 0 Å². The molecule has 1 N–H and O–H groups in total. The molecular formula is C17H17FN2. The van der Waals surface area contributed by atoms with Gasteiger partial charge in [0.2, 0.25) is 0 Å². The van der Waals surface area contributed by atoms with Gasteiger partial charge in [-0.1, -0.05) is 24.3 Å². The van der Waals surface area contributed by atoms with Gasteiger partial charge in [0.05, 0.1) is 11.3 Å². The maximum Gasteiger partial charge on any atom is 0.123 e. The lowest BCUT2D eigenvalue weighted by atomic mass is 10.0. The summed E-state index contributed by atoms with van der Waals surface area (Å²) in [4.78, 5) is 0. The molecule has 3 heteroatoms. The van der Waals surface area contributed by atoms with Gasteiger partial charge < -0.3 is 5.32 Å². The van der Waals surface area contributed by atoms with Crippen LogP contribution in [0.25, 0.3) is 0 Å². The lowest BCUT2D eigenvalue weighted by Crippen LogP contribution is -2.19. The van der Waals surface area contributed by atoms with Gasteiger partial charge >= 0.3 is 0 Å². The molecule has 0 saturated carbocycles. The van der Waals surface area contributed by atoms with Gasteiger partial charge in [0, 0.05) is 6.04 Å². The van der Waals surface area contributed by atoms with Crippen molar-refractivity contribution in [1.82, 2.24) is 0 Å². The summed E-state index contributed by atoms with van der Waals surface area (Å²) in [6.07, 6.45) is 0.777. The van der Waals surface area contributed by atoms with Gasteiger partial charge in [-0.05, 0) is 49.6 Å².